The average Bonchev–Trinajstić information content (AvgIpc) is 2.53. The van der Waals surface area contributed by atoms with Crippen LogP contribution in [0.5, 0.6) is 0 Å². The molecule has 0 fully saturated rings. The highest BCUT2D eigenvalue weighted by molar-refractivity contribution is 14.1. The van der Waals surface area contributed by atoms with Gasteiger partial charge in [-0.2, -0.15) is 26.3 Å². The summed E-state index contributed by atoms with van der Waals surface area (Å²) in [6.45, 7) is 0.0790. The molecule has 1 aliphatic heterocycles. The molecule has 8 heteroatoms. The second kappa shape index (κ2) is 6.22. The van der Waals surface area contributed by atoms with Gasteiger partial charge in [0.05, 0.1) is 14.7 Å². The van der Waals surface area contributed by atoms with Crippen LogP contribution in [0, 0.1) is 0 Å². The summed E-state index contributed by atoms with van der Waals surface area (Å²) in [5.74, 6) is 0.0101. The maximum absolute atomic E-state index is 13.0. The number of benzene rings is 2. The Hall–Kier alpha value is -1.71. The van der Waals surface area contributed by atoms with E-state index in [4.69, 9.17) is 4.74 Å². The molecule has 2 aromatic carbocycles. The second-order valence-electron chi connectivity index (χ2n) is 5.38. The van der Waals surface area contributed by atoms with Crippen molar-refractivity contribution in [1.82, 2.24) is 0 Å². The van der Waals surface area contributed by atoms with Crippen molar-refractivity contribution in [1.29, 1.82) is 0 Å². The van der Waals surface area contributed by atoms with Crippen molar-refractivity contribution in [3.8, 4) is 0 Å². The minimum absolute atomic E-state index is 0.0101. The highest BCUT2D eigenvalue weighted by Crippen LogP contribution is 2.42. The molecule has 0 saturated carbocycles. The Morgan fingerprint density at radius 3 is 1.96 bits per heavy atom. The van der Waals surface area contributed by atoms with Crippen LogP contribution in [-0.2, 0) is 23.7 Å². The topological polar surface area (TPSA) is 9.23 Å². The predicted molar refractivity (Wildman–Crippen MR) is 88.5 cm³/mol. The molecule has 1 heterocycles. The molecular formula is C17H9F6IO. The summed E-state index contributed by atoms with van der Waals surface area (Å²) in [5, 5.41) is 0. The molecule has 0 N–H and O–H groups in total. The number of rotatable bonds is 1. The first-order valence-corrected chi connectivity index (χ1v) is 8.06. The van der Waals surface area contributed by atoms with E-state index in [2.05, 4.69) is 0 Å². The van der Waals surface area contributed by atoms with Crippen LogP contribution in [0.25, 0.3) is 9.34 Å². The zero-order valence-corrected chi connectivity index (χ0v) is 14.5. The highest BCUT2D eigenvalue weighted by atomic mass is 127. The normalized spacial score (nSPS) is 15.0. The highest BCUT2D eigenvalue weighted by Gasteiger charge is 2.37. The van der Waals surface area contributed by atoms with E-state index in [0.717, 1.165) is 11.1 Å². The fourth-order valence-electron chi connectivity index (χ4n) is 2.49. The molecule has 1 aliphatic rings. The third-order valence-corrected chi connectivity index (χ3v) is 4.75. The molecule has 0 radical (unpaired) electrons. The molecule has 1 nitrogen and oxygen atoms in total. The minimum Gasteiger partial charge on any atom is -0.487 e. The molecule has 0 saturated heterocycles. The Labute approximate surface area is 152 Å². The molecule has 132 valence electrons. The molecule has 0 aromatic heterocycles. The maximum Gasteiger partial charge on any atom is 0.416 e. The fourth-order valence-corrected chi connectivity index (χ4v) is 3.49. The van der Waals surface area contributed by atoms with Crippen molar-refractivity contribution in [2.45, 2.75) is 19.0 Å². The summed E-state index contributed by atoms with van der Waals surface area (Å²) >= 11 is 1.87. The van der Waals surface area contributed by atoms with E-state index in [-0.39, 0.29) is 24.0 Å². The largest absolute Gasteiger partial charge is 0.487 e. The number of fused-ring (bicyclic) bond motifs is 1. The summed E-state index contributed by atoms with van der Waals surface area (Å²) in [6.07, 6.45) is -9.79. The van der Waals surface area contributed by atoms with Gasteiger partial charge in [-0.25, -0.2) is 0 Å². The van der Waals surface area contributed by atoms with Gasteiger partial charge in [-0.1, -0.05) is 24.3 Å². The monoisotopic (exact) mass is 470 g/mol. The summed E-state index contributed by atoms with van der Waals surface area (Å²) in [5.41, 5.74) is -1.43. The lowest BCUT2D eigenvalue weighted by Crippen LogP contribution is -2.13. The van der Waals surface area contributed by atoms with E-state index in [9.17, 15) is 26.3 Å². The van der Waals surface area contributed by atoms with Gasteiger partial charge in [0.1, 0.15) is 12.4 Å². The second-order valence-corrected chi connectivity index (χ2v) is 6.46. The van der Waals surface area contributed by atoms with Crippen LogP contribution < -0.4 is 0 Å². The minimum atomic E-state index is -4.89. The van der Waals surface area contributed by atoms with E-state index in [1.54, 1.807) is 24.3 Å². The van der Waals surface area contributed by atoms with Gasteiger partial charge >= 0.3 is 12.4 Å². The number of halogens is 7. The summed E-state index contributed by atoms with van der Waals surface area (Å²) in [7, 11) is 0. The Bertz CT molecular complexity index is 819. The Morgan fingerprint density at radius 1 is 0.840 bits per heavy atom. The molecule has 0 unspecified atom stereocenters. The summed E-state index contributed by atoms with van der Waals surface area (Å²) in [6, 6.07) is 8.52. The van der Waals surface area contributed by atoms with Gasteiger partial charge in [-0.15, -0.1) is 0 Å². The SMILES string of the molecule is FC(F)(F)c1cc(C2=C(I)c3ccccc3CO2)cc(C(F)(F)F)c1. The van der Waals surface area contributed by atoms with E-state index in [1.165, 1.54) is 0 Å². The fraction of sp³-hybridized carbons (Fsp3) is 0.176. The standard InChI is InChI=1S/C17H9F6IO/c18-16(19,20)11-5-10(6-12(7-11)17(21,22)23)15-14(24)13-4-2-1-3-9(13)8-25-15/h1-7H,8H2. The molecule has 3 rings (SSSR count). The first-order valence-electron chi connectivity index (χ1n) is 6.98. The van der Waals surface area contributed by atoms with Crippen LogP contribution in [0.1, 0.15) is 27.8 Å². The van der Waals surface area contributed by atoms with E-state index in [0.29, 0.717) is 15.7 Å². The lowest BCUT2D eigenvalue weighted by atomic mass is 9.99. The van der Waals surface area contributed by atoms with Crippen molar-refractivity contribution in [2.75, 3.05) is 0 Å². The third kappa shape index (κ3) is 3.63. The van der Waals surface area contributed by atoms with Gasteiger partial charge in [0.15, 0.2) is 0 Å². The first kappa shape index (κ1) is 18.1. The average molecular weight is 470 g/mol. The zero-order chi connectivity index (χ0) is 18.4. The molecule has 25 heavy (non-hydrogen) atoms. The number of hydrogen-bond donors (Lipinski definition) is 0. The van der Waals surface area contributed by atoms with Crippen LogP contribution in [0.4, 0.5) is 26.3 Å². The van der Waals surface area contributed by atoms with Crippen LogP contribution in [0.3, 0.4) is 0 Å². The first-order chi connectivity index (χ1) is 11.6. The molecule has 2 aromatic rings. The van der Waals surface area contributed by atoms with E-state index < -0.39 is 23.5 Å². The number of ether oxygens (including phenoxy) is 1. The van der Waals surface area contributed by atoms with Crippen molar-refractivity contribution in [3.05, 3.63) is 70.3 Å². The van der Waals surface area contributed by atoms with E-state index >= 15 is 0 Å². The van der Waals surface area contributed by atoms with Crippen molar-refractivity contribution in [2.24, 2.45) is 0 Å². The quantitative estimate of drug-likeness (QED) is 0.341. The van der Waals surface area contributed by atoms with Gasteiger partial charge in [0.25, 0.3) is 0 Å². The van der Waals surface area contributed by atoms with Gasteiger partial charge in [0, 0.05) is 5.56 Å². The lowest BCUT2D eigenvalue weighted by Gasteiger charge is -2.23. The Kier molecular flexibility index (Phi) is 4.50. The van der Waals surface area contributed by atoms with Crippen LogP contribution >= 0.6 is 22.6 Å². The molecule has 0 aliphatic carbocycles. The van der Waals surface area contributed by atoms with Gasteiger partial charge in [-0.3, -0.25) is 0 Å². The van der Waals surface area contributed by atoms with Gasteiger partial charge in [-0.05, 0) is 51.9 Å². The van der Waals surface area contributed by atoms with Crippen LogP contribution in [0.2, 0.25) is 0 Å². The molecule has 0 bridgehead atoms. The summed E-state index contributed by atoms with van der Waals surface area (Å²) in [4.78, 5) is 0. The van der Waals surface area contributed by atoms with Crippen molar-refractivity contribution >= 4 is 31.9 Å². The van der Waals surface area contributed by atoms with Gasteiger partial charge in [0.2, 0.25) is 0 Å². The molecule has 0 amide bonds. The van der Waals surface area contributed by atoms with Crippen LogP contribution in [0.15, 0.2) is 42.5 Å². The third-order valence-electron chi connectivity index (χ3n) is 3.68. The zero-order valence-electron chi connectivity index (χ0n) is 12.3. The van der Waals surface area contributed by atoms with Crippen LogP contribution in [-0.4, -0.2) is 0 Å². The Balaban J connectivity index is 2.21. The van der Waals surface area contributed by atoms with Gasteiger partial charge < -0.3 is 4.74 Å². The predicted octanol–water partition coefficient (Wildman–Crippen LogP) is 6.52. The summed E-state index contributed by atoms with van der Waals surface area (Å²) < 4.78 is 84.0. The molecule has 0 atom stereocenters. The Morgan fingerprint density at radius 2 is 1.40 bits per heavy atom. The molecule has 0 spiro atoms. The van der Waals surface area contributed by atoms with Crippen molar-refractivity contribution < 1.29 is 31.1 Å². The number of hydrogen-bond acceptors (Lipinski definition) is 1. The van der Waals surface area contributed by atoms with Crippen molar-refractivity contribution in [3.63, 3.8) is 0 Å². The number of alkyl halides is 6. The van der Waals surface area contributed by atoms with E-state index in [1.807, 2.05) is 22.6 Å². The smallest absolute Gasteiger partial charge is 0.416 e. The lowest BCUT2D eigenvalue weighted by molar-refractivity contribution is -0.143. The molecular weight excluding hydrogens is 461 g/mol. The maximum atomic E-state index is 13.0.